The number of para-hydroxylation sites is 2. The van der Waals surface area contributed by atoms with Crippen LogP contribution in [-0.2, 0) is 0 Å². The first-order valence-electron chi connectivity index (χ1n) is 7.43. The summed E-state index contributed by atoms with van der Waals surface area (Å²) in [6.45, 7) is 0. The van der Waals surface area contributed by atoms with Crippen LogP contribution < -0.4 is 10.0 Å². The van der Waals surface area contributed by atoms with E-state index in [9.17, 15) is 14.7 Å². The van der Waals surface area contributed by atoms with Gasteiger partial charge in [-0.05, 0) is 30.3 Å². The molecule has 0 aliphatic rings. The van der Waals surface area contributed by atoms with Gasteiger partial charge in [-0.3, -0.25) is 9.69 Å². The van der Waals surface area contributed by atoms with Crippen LogP contribution in [0.4, 0.5) is 11.4 Å². The Labute approximate surface area is 139 Å². The van der Waals surface area contributed by atoms with Crippen molar-refractivity contribution in [2.45, 2.75) is 0 Å². The number of aromatic carboxylic acids is 1. The van der Waals surface area contributed by atoms with E-state index in [1.807, 2.05) is 36.4 Å². The standard InChI is InChI=1S/C20H15NO3/c22-19(17-13-7-8-14-18(17)20(23)24)21(15-9-3-1-4-10-15)16-11-5-2-6-12-16/h1-14H,(H,23,24)/p-1. The Hall–Kier alpha value is -3.40. The van der Waals surface area contributed by atoms with E-state index in [0.717, 1.165) is 0 Å². The Morgan fingerprint density at radius 3 is 1.50 bits per heavy atom. The molecular formula is C20H14NO3-. The van der Waals surface area contributed by atoms with E-state index >= 15 is 0 Å². The number of hydrogen-bond donors (Lipinski definition) is 0. The molecule has 0 aromatic heterocycles. The Kier molecular flexibility index (Phi) is 4.38. The molecule has 3 aromatic carbocycles. The predicted octanol–water partition coefficient (Wildman–Crippen LogP) is 3.03. The van der Waals surface area contributed by atoms with Crippen molar-refractivity contribution in [3.8, 4) is 0 Å². The van der Waals surface area contributed by atoms with Crippen LogP contribution in [0.25, 0.3) is 0 Å². The maximum absolute atomic E-state index is 13.1. The van der Waals surface area contributed by atoms with Gasteiger partial charge in [0, 0.05) is 22.5 Å². The van der Waals surface area contributed by atoms with Gasteiger partial charge in [-0.15, -0.1) is 0 Å². The highest BCUT2D eigenvalue weighted by molar-refractivity contribution is 6.15. The maximum atomic E-state index is 13.1. The number of anilines is 2. The molecule has 0 fully saturated rings. The van der Waals surface area contributed by atoms with Crippen LogP contribution in [0.1, 0.15) is 20.7 Å². The quantitative estimate of drug-likeness (QED) is 0.743. The van der Waals surface area contributed by atoms with Gasteiger partial charge in [-0.25, -0.2) is 0 Å². The second-order valence-electron chi connectivity index (χ2n) is 5.14. The van der Waals surface area contributed by atoms with E-state index in [-0.39, 0.29) is 11.1 Å². The van der Waals surface area contributed by atoms with Gasteiger partial charge in [0.05, 0.1) is 5.97 Å². The van der Waals surface area contributed by atoms with Crippen LogP contribution in [-0.4, -0.2) is 11.9 Å². The lowest BCUT2D eigenvalue weighted by atomic mass is 10.1. The van der Waals surface area contributed by atoms with Crippen molar-refractivity contribution in [3.05, 3.63) is 96.1 Å². The molecule has 118 valence electrons. The van der Waals surface area contributed by atoms with Crippen LogP contribution >= 0.6 is 0 Å². The number of carboxylic acids is 1. The normalized spacial score (nSPS) is 10.2. The molecule has 3 aromatic rings. The Morgan fingerprint density at radius 2 is 1.04 bits per heavy atom. The molecule has 0 saturated carbocycles. The van der Waals surface area contributed by atoms with E-state index < -0.39 is 11.9 Å². The molecular weight excluding hydrogens is 302 g/mol. The highest BCUT2D eigenvalue weighted by atomic mass is 16.4. The second-order valence-corrected chi connectivity index (χ2v) is 5.14. The number of carboxylic acid groups (broad SMARTS) is 1. The first kappa shape index (κ1) is 15.5. The summed E-state index contributed by atoms with van der Waals surface area (Å²) in [5, 5.41) is 11.3. The van der Waals surface area contributed by atoms with Crippen LogP contribution in [0.2, 0.25) is 0 Å². The van der Waals surface area contributed by atoms with Crippen LogP contribution in [0, 0.1) is 0 Å². The number of hydrogen-bond acceptors (Lipinski definition) is 3. The lowest BCUT2D eigenvalue weighted by Gasteiger charge is -2.24. The zero-order valence-corrected chi connectivity index (χ0v) is 12.8. The third kappa shape index (κ3) is 3.03. The van der Waals surface area contributed by atoms with Gasteiger partial charge in [0.25, 0.3) is 5.91 Å². The maximum Gasteiger partial charge on any atom is 0.263 e. The molecule has 4 nitrogen and oxygen atoms in total. The number of nitrogens with zero attached hydrogens (tertiary/aromatic N) is 1. The molecule has 1 amide bonds. The summed E-state index contributed by atoms with van der Waals surface area (Å²) in [5.74, 6) is -1.80. The molecule has 0 unspecified atom stereocenters. The van der Waals surface area contributed by atoms with Gasteiger partial charge in [0.15, 0.2) is 0 Å². The number of rotatable bonds is 4. The summed E-state index contributed by atoms with van der Waals surface area (Å²) in [6, 6.07) is 24.3. The largest absolute Gasteiger partial charge is 0.545 e. The lowest BCUT2D eigenvalue weighted by molar-refractivity contribution is -0.255. The molecule has 0 aliphatic heterocycles. The van der Waals surface area contributed by atoms with E-state index in [0.29, 0.717) is 11.4 Å². The first-order valence-corrected chi connectivity index (χ1v) is 7.43. The van der Waals surface area contributed by atoms with Gasteiger partial charge >= 0.3 is 0 Å². The summed E-state index contributed by atoms with van der Waals surface area (Å²) >= 11 is 0. The molecule has 0 spiro atoms. The predicted molar refractivity (Wildman–Crippen MR) is 90.1 cm³/mol. The molecule has 0 atom stereocenters. The third-order valence-corrected chi connectivity index (χ3v) is 3.61. The highest BCUT2D eigenvalue weighted by Crippen LogP contribution is 2.28. The second kappa shape index (κ2) is 6.79. The first-order chi connectivity index (χ1) is 11.7. The Bertz CT molecular complexity index is 821. The smallest absolute Gasteiger partial charge is 0.263 e. The molecule has 0 saturated heterocycles. The zero-order chi connectivity index (χ0) is 16.9. The minimum absolute atomic E-state index is 0.0882. The van der Waals surface area contributed by atoms with E-state index in [1.165, 1.54) is 17.0 Å². The van der Waals surface area contributed by atoms with Gasteiger partial charge in [-0.2, -0.15) is 0 Å². The van der Waals surface area contributed by atoms with Gasteiger partial charge < -0.3 is 9.90 Å². The monoisotopic (exact) mass is 316 g/mol. The highest BCUT2D eigenvalue weighted by Gasteiger charge is 2.22. The van der Waals surface area contributed by atoms with Gasteiger partial charge in [0.2, 0.25) is 0 Å². The number of benzene rings is 3. The SMILES string of the molecule is O=C([O-])c1ccccc1C(=O)N(c1ccccc1)c1ccccc1. The number of amides is 1. The summed E-state index contributed by atoms with van der Waals surface area (Å²) in [6.07, 6.45) is 0. The van der Waals surface area contributed by atoms with E-state index in [4.69, 9.17) is 0 Å². The van der Waals surface area contributed by atoms with Crippen molar-refractivity contribution in [3.63, 3.8) is 0 Å². The van der Waals surface area contributed by atoms with E-state index in [2.05, 4.69) is 0 Å². The minimum Gasteiger partial charge on any atom is -0.545 e. The molecule has 24 heavy (non-hydrogen) atoms. The van der Waals surface area contributed by atoms with Crippen molar-refractivity contribution in [2.75, 3.05) is 4.90 Å². The van der Waals surface area contributed by atoms with Crippen molar-refractivity contribution < 1.29 is 14.7 Å². The fourth-order valence-electron chi connectivity index (χ4n) is 2.51. The van der Waals surface area contributed by atoms with Crippen molar-refractivity contribution in [1.29, 1.82) is 0 Å². The molecule has 0 heterocycles. The number of carbonyl (C=O) groups is 2. The van der Waals surface area contributed by atoms with Crippen LogP contribution in [0.3, 0.4) is 0 Å². The van der Waals surface area contributed by atoms with E-state index in [1.54, 1.807) is 36.4 Å². The molecule has 0 radical (unpaired) electrons. The molecule has 0 bridgehead atoms. The van der Waals surface area contributed by atoms with Crippen molar-refractivity contribution in [2.24, 2.45) is 0 Å². The zero-order valence-electron chi connectivity index (χ0n) is 12.8. The van der Waals surface area contributed by atoms with Crippen molar-refractivity contribution >= 4 is 23.3 Å². The minimum atomic E-state index is -1.37. The molecule has 0 aliphatic carbocycles. The van der Waals surface area contributed by atoms with Crippen LogP contribution in [0.15, 0.2) is 84.9 Å². The Balaban J connectivity index is 2.14. The summed E-state index contributed by atoms with van der Waals surface area (Å²) in [7, 11) is 0. The average molecular weight is 316 g/mol. The average Bonchev–Trinajstić information content (AvgIpc) is 2.63. The molecule has 4 heteroatoms. The van der Waals surface area contributed by atoms with Crippen molar-refractivity contribution in [1.82, 2.24) is 0 Å². The topological polar surface area (TPSA) is 60.4 Å². The third-order valence-electron chi connectivity index (χ3n) is 3.61. The summed E-state index contributed by atoms with van der Waals surface area (Å²) in [4.78, 5) is 25.9. The van der Waals surface area contributed by atoms with Gasteiger partial charge in [-0.1, -0.05) is 54.6 Å². The lowest BCUT2D eigenvalue weighted by Crippen LogP contribution is -2.30. The molecule has 3 rings (SSSR count). The Morgan fingerprint density at radius 1 is 0.625 bits per heavy atom. The van der Waals surface area contributed by atoms with Crippen LogP contribution in [0.5, 0.6) is 0 Å². The number of carbonyl (C=O) groups excluding carboxylic acids is 2. The fourth-order valence-corrected chi connectivity index (χ4v) is 2.51. The summed E-state index contributed by atoms with van der Waals surface area (Å²) in [5.41, 5.74) is 1.27. The summed E-state index contributed by atoms with van der Waals surface area (Å²) < 4.78 is 0. The van der Waals surface area contributed by atoms with Gasteiger partial charge in [0.1, 0.15) is 0 Å². The molecule has 0 N–H and O–H groups in total. The fraction of sp³-hybridized carbons (Fsp3) is 0.